The minimum absolute atomic E-state index is 0.0124. The molecule has 15 heavy (non-hydrogen) atoms. The highest BCUT2D eigenvalue weighted by Gasteiger charge is 2.28. The molecule has 0 spiro atoms. The molecule has 0 heterocycles. The van der Waals surface area contributed by atoms with Crippen LogP contribution in [0.2, 0.25) is 0 Å². The highest BCUT2D eigenvalue weighted by molar-refractivity contribution is 5.38. The SMILES string of the molecule is Cc1ccc(O)c([C@@H](N)C(C)(C)CO)c1. The molecule has 0 radical (unpaired) electrons. The molecule has 3 heteroatoms. The second kappa shape index (κ2) is 4.21. The Labute approximate surface area is 90.5 Å². The van der Waals surface area contributed by atoms with Crippen molar-refractivity contribution in [3.63, 3.8) is 0 Å². The minimum Gasteiger partial charge on any atom is -0.508 e. The maximum absolute atomic E-state index is 9.70. The van der Waals surface area contributed by atoms with E-state index in [1.165, 1.54) is 0 Å². The molecule has 1 aromatic rings. The van der Waals surface area contributed by atoms with E-state index in [1.807, 2.05) is 32.9 Å². The fourth-order valence-corrected chi connectivity index (χ4v) is 1.44. The predicted molar refractivity (Wildman–Crippen MR) is 60.6 cm³/mol. The van der Waals surface area contributed by atoms with Crippen LogP contribution in [0.1, 0.15) is 31.0 Å². The average molecular weight is 209 g/mol. The van der Waals surface area contributed by atoms with E-state index in [0.717, 1.165) is 5.56 Å². The number of aliphatic hydroxyl groups is 1. The highest BCUT2D eigenvalue weighted by atomic mass is 16.3. The minimum atomic E-state index is -0.439. The van der Waals surface area contributed by atoms with Crippen LogP contribution in [-0.2, 0) is 0 Å². The Morgan fingerprint density at radius 3 is 2.53 bits per heavy atom. The van der Waals surface area contributed by atoms with Gasteiger partial charge in [0.15, 0.2) is 0 Å². The molecule has 0 amide bonds. The second-order valence-corrected chi connectivity index (χ2v) is 4.69. The monoisotopic (exact) mass is 209 g/mol. The molecule has 1 atom stereocenters. The number of phenolic OH excluding ortho intramolecular Hbond substituents is 1. The lowest BCUT2D eigenvalue weighted by Crippen LogP contribution is -2.32. The number of phenols is 1. The Balaban J connectivity index is 3.10. The summed E-state index contributed by atoms with van der Waals surface area (Å²) in [4.78, 5) is 0. The van der Waals surface area contributed by atoms with E-state index in [0.29, 0.717) is 5.56 Å². The van der Waals surface area contributed by atoms with Crippen LogP contribution >= 0.6 is 0 Å². The number of hydrogen-bond donors (Lipinski definition) is 3. The van der Waals surface area contributed by atoms with Crippen molar-refractivity contribution in [2.75, 3.05) is 6.61 Å². The van der Waals surface area contributed by atoms with E-state index >= 15 is 0 Å². The number of benzene rings is 1. The summed E-state index contributed by atoms with van der Waals surface area (Å²) in [5.41, 5.74) is 7.33. The summed E-state index contributed by atoms with van der Waals surface area (Å²) in [7, 11) is 0. The van der Waals surface area contributed by atoms with Gasteiger partial charge in [0.05, 0.1) is 0 Å². The fourth-order valence-electron chi connectivity index (χ4n) is 1.44. The maximum atomic E-state index is 9.70. The summed E-state index contributed by atoms with van der Waals surface area (Å²) >= 11 is 0. The van der Waals surface area contributed by atoms with Gasteiger partial charge < -0.3 is 15.9 Å². The Bertz CT molecular complexity index is 347. The van der Waals surface area contributed by atoms with E-state index in [4.69, 9.17) is 5.73 Å². The molecule has 0 fully saturated rings. The van der Waals surface area contributed by atoms with Crippen LogP contribution in [0.5, 0.6) is 5.75 Å². The van der Waals surface area contributed by atoms with Gasteiger partial charge in [-0.2, -0.15) is 0 Å². The van der Waals surface area contributed by atoms with Gasteiger partial charge in [0.25, 0.3) is 0 Å². The Morgan fingerprint density at radius 2 is 2.00 bits per heavy atom. The molecule has 0 saturated carbocycles. The number of nitrogens with two attached hydrogens (primary N) is 1. The van der Waals surface area contributed by atoms with Gasteiger partial charge in [0, 0.05) is 23.6 Å². The number of rotatable bonds is 3. The first-order valence-corrected chi connectivity index (χ1v) is 5.04. The van der Waals surface area contributed by atoms with Gasteiger partial charge >= 0.3 is 0 Å². The van der Waals surface area contributed by atoms with Gasteiger partial charge in [-0.1, -0.05) is 31.5 Å². The molecule has 3 nitrogen and oxygen atoms in total. The van der Waals surface area contributed by atoms with Gasteiger partial charge in [-0.25, -0.2) is 0 Å². The lowest BCUT2D eigenvalue weighted by Gasteiger charge is -2.30. The molecule has 84 valence electrons. The largest absolute Gasteiger partial charge is 0.508 e. The first kappa shape index (κ1) is 12.0. The van der Waals surface area contributed by atoms with E-state index in [1.54, 1.807) is 6.07 Å². The zero-order chi connectivity index (χ0) is 11.6. The molecule has 1 aromatic carbocycles. The van der Waals surface area contributed by atoms with Crippen LogP contribution in [0.3, 0.4) is 0 Å². The molecule has 4 N–H and O–H groups in total. The predicted octanol–water partition coefficient (Wildman–Crippen LogP) is 1.72. The molecular weight excluding hydrogens is 190 g/mol. The Hall–Kier alpha value is -1.06. The van der Waals surface area contributed by atoms with Crippen molar-refractivity contribution in [1.29, 1.82) is 0 Å². The molecule has 1 rings (SSSR count). The van der Waals surface area contributed by atoms with Gasteiger partial charge in [0.2, 0.25) is 0 Å². The third kappa shape index (κ3) is 2.49. The number of aromatic hydroxyl groups is 1. The summed E-state index contributed by atoms with van der Waals surface area (Å²) in [6, 6.07) is 4.95. The van der Waals surface area contributed by atoms with Crippen molar-refractivity contribution >= 4 is 0 Å². The van der Waals surface area contributed by atoms with Crippen LogP contribution in [-0.4, -0.2) is 16.8 Å². The molecule has 0 saturated heterocycles. The van der Waals surface area contributed by atoms with Crippen LogP contribution in [0.25, 0.3) is 0 Å². The van der Waals surface area contributed by atoms with E-state index < -0.39 is 5.41 Å². The standard InChI is InChI=1S/C12H19NO2/c1-8-4-5-10(15)9(6-8)11(13)12(2,3)7-14/h4-6,11,14-15H,7,13H2,1-3H3/t11-/m1/s1. The lowest BCUT2D eigenvalue weighted by atomic mass is 9.81. The summed E-state index contributed by atoms with van der Waals surface area (Å²) in [6.45, 7) is 5.68. The smallest absolute Gasteiger partial charge is 0.120 e. The fraction of sp³-hybridized carbons (Fsp3) is 0.500. The van der Waals surface area contributed by atoms with Crippen molar-refractivity contribution in [3.8, 4) is 5.75 Å². The normalized spacial score (nSPS) is 13.9. The molecule has 0 aliphatic carbocycles. The average Bonchev–Trinajstić information content (AvgIpc) is 2.20. The molecule has 0 unspecified atom stereocenters. The quantitative estimate of drug-likeness (QED) is 0.710. The lowest BCUT2D eigenvalue weighted by molar-refractivity contribution is 0.131. The topological polar surface area (TPSA) is 66.5 Å². The maximum Gasteiger partial charge on any atom is 0.120 e. The summed E-state index contributed by atoms with van der Waals surface area (Å²) in [5.74, 6) is 0.189. The van der Waals surface area contributed by atoms with Crippen LogP contribution in [0.4, 0.5) is 0 Å². The number of aryl methyl sites for hydroxylation is 1. The summed E-state index contributed by atoms with van der Waals surface area (Å²) in [5, 5.41) is 18.9. The van der Waals surface area contributed by atoms with E-state index in [-0.39, 0.29) is 18.4 Å². The van der Waals surface area contributed by atoms with E-state index in [9.17, 15) is 10.2 Å². The van der Waals surface area contributed by atoms with Gasteiger partial charge in [-0.05, 0) is 13.0 Å². The first-order chi connectivity index (χ1) is 6.88. The molecule has 0 aliphatic heterocycles. The zero-order valence-electron chi connectivity index (χ0n) is 9.49. The van der Waals surface area contributed by atoms with Crippen molar-refractivity contribution in [3.05, 3.63) is 29.3 Å². The molecule has 0 bridgehead atoms. The second-order valence-electron chi connectivity index (χ2n) is 4.69. The third-order valence-electron chi connectivity index (χ3n) is 2.77. The van der Waals surface area contributed by atoms with Gasteiger partial charge in [-0.3, -0.25) is 0 Å². The van der Waals surface area contributed by atoms with E-state index in [2.05, 4.69) is 0 Å². The Kier molecular flexibility index (Phi) is 3.37. The zero-order valence-corrected chi connectivity index (χ0v) is 9.49. The first-order valence-electron chi connectivity index (χ1n) is 5.04. The highest BCUT2D eigenvalue weighted by Crippen LogP contribution is 2.35. The van der Waals surface area contributed by atoms with Gasteiger partial charge in [0.1, 0.15) is 5.75 Å². The summed E-state index contributed by atoms with van der Waals surface area (Å²) in [6.07, 6.45) is 0. The number of hydrogen-bond acceptors (Lipinski definition) is 3. The Morgan fingerprint density at radius 1 is 1.40 bits per heavy atom. The van der Waals surface area contributed by atoms with Crippen LogP contribution in [0, 0.1) is 12.3 Å². The van der Waals surface area contributed by atoms with Crippen LogP contribution in [0.15, 0.2) is 18.2 Å². The van der Waals surface area contributed by atoms with Crippen molar-refractivity contribution < 1.29 is 10.2 Å². The molecule has 0 aliphatic rings. The molecular formula is C12H19NO2. The van der Waals surface area contributed by atoms with Crippen LogP contribution < -0.4 is 5.73 Å². The molecule has 0 aromatic heterocycles. The number of aliphatic hydroxyl groups excluding tert-OH is 1. The van der Waals surface area contributed by atoms with Crippen molar-refractivity contribution in [2.45, 2.75) is 26.8 Å². The van der Waals surface area contributed by atoms with Crippen molar-refractivity contribution in [1.82, 2.24) is 0 Å². The van der Waals surface area contributed by atoms with Gasteiger partial charge in [-0.15, -0.1) is 0 Å². The van der Waals surface area contributed by atoms with Crippen molar-refractivity contribution in [2.24, 2.45) is 11.1 Å². The third-order valence-corrected chi connectivity index (χ3v) is 2.77. The summed E-state index contributed by atoms with van der Waals surface area (Å²) < 4.78 is 0.